The number of nitrogens with zero attached hydrogens (tertiary/aromatic N) is 1. The van der Waals surface area contributed by atoms with Gasteiger partial charge < -0.3 is 19.8 Å². The lowest BCUT2D eigenvalue weighted by molar-refractivity contribution is -0.136. The molecule has 2 amide bonds. The maximum Gasteiger partial charge on any atom is 0.230 e. The van der Waals surface area contributed by atoms with Crippen molar-refractivity contribution in [3.05, 3.63) is 23.7 Å². The molecule has 6 heteroatoms. The van der Waals surface area contributed by atoms with E-state index in [1.807, 2.05) is 13.0 Å². The zero-order valence-corrected chi connectivity index (χ0v) is 12.1. The van der Waals surface area contributed by atoms with Gasteiger partial charge in [0, 0.05) is 25.6 Å². The van der Waals surface area contributed by atoms with E-state index in [0.717, 1.165) is 5.56 Å². The Bertz CT molecular complexity index is 568. The van der Waals surface area contributed by atoms with Gasteiger partial charge in [0.1, 0.15) is 5.76 Å². The van der Waals surface area contributed by atoms with Crippen molar-refractivity contribution in [2.24, 2.45) is 17.1 Å². The number of ether oxygens (including phenoxy) is 1. The summed E-state index contributed by atoms with van der Waals surface area (Å²) in [6.45, 7) is 3.86. The van der Waals surface area contributed by atoms with Crippen molar-refractivity contribution >= 4 is 11.8 Å². The fourth-order valence-corrected chi connectivity index (χ4v) is 3.38. The molecule has 6 nitrogen and oxygen atoms in total. The molecule has 2 aliphatic rings. The smallest absolute Gasteiger partial charge is 0.230 e. The number of nitrogens with two attached hydrogens (primary N) is 1. The van der Waals surface area contributed by atoms with Gasteiger partial charge in [0.25, 0.3) is 0 Å². The second-order valence-electron chi connectivity index (χ2n) is 6.02. The van der Waals surface area contributed by atoms with Crippen LogP contribution in [0.25, 0.3) is 0 Å². The normalized spacial score (nSPS) is 28.4. The summed E-state index contributed by atoms with van der Waals surface area (Å²) in [5, 5.41) is 0. The molecule has 2 fully saturated rings. The zero-order valence-electron chi connectivity index (χ0n) is 12.1. The Kier molecular flexibility index (Phi) is 3.49. The molecule has 2 aliphatic heterocycles. The summed E-state index contributed by atoms with van der Waals surface area (Å²) in [6, 6.07) is 1.84. The van der Waals surface area contributed by atoms with Gasteiger partial charge in [-0.05, 0) is 25.0 Å². The quantitative estimate of drug-likeness (QED) is 0.878. The average molecular weight is 292 g/mol. The van der Waals surface area contributed by atoms with Crippen molar-refractivity contribution < 1.29 is 18.7 Å². The monoisotopic (exact) mass is 292 g/mol. The molecule has 2 atom stereocenters. The molecule has 0 radical (unpaired) electrons. The van der Waals surface area contributed by atoms with Gasteiger partial charge in [-0.3, -0.25) is 9.59 Å². The van der Waals surface area contributed by atoms with Crippen LogP contribution in [0.2, 0.25) is 0 Å². The summed E-state index contributed by atoms with van der Waals surface area (Å²) in [6.07, 6.45) is 2.40. The van der Waals surface area contributed by atoms with Gasteiger partial charge in [0.15, 0.2) is 0 Å². The van der Waals surface area contributed by atoms with E-state index in [1.165, 1.54) is 0 Å². The van der Waals surface area contributed by atoms with Gasteiger partial charge in [-0.1, -0.05) is 0 Å². The van der Waals surface area contributed by atoms with Crippen LogP contribution in [0.15, 0.2) is 16.7 Å². The topological polar surface area (TPSA) is 85.8 Å². The maximum atomic E-state index is 12.4. The van der Waals surface area contributed by atoms with Crippen LogP contribution in [0, 0.1) is 18.3 Å². The van der Waals surface area contributed by atoms with Crippen LogP contribution < -0.4 is 5.73 Å². The van der Waals surface area contributed by atoms with E-state index in [2.05, 4.69) is 0 Å². The number of carbonyl (C=O) groups is 2. The summed E-state index contributed by atoms with van der Waals surface area (Å²) < 4.78 is 10.8. The van der Waals surface area contributed by atoms with Crippen LogP contribution in [-0.4, -0.2) is 43.0 Å². The molecular formula is C15H20N2O4. The number of primary amides is 1. The zero-order chi connectivity index (χ0) is 15.0. The first-order chi connectivity index (χ1) is 10.0. The van der Waals surface area contributed by atoms with Gasteiger partial charge in [0.05, 0.1) is 24.7 Å². The van der Waals surface area contributed by atoms with E-state index in [9.17, 15) is 9.59 Å². The first-order valence-electron chi connectivity index (χ1n) is 7.21. The van der Waals surface area contributed by atoms with Crippen LogP contribution in [0.1, 0.15) is 17.7 Å². The number of furan rings is 1. The van der Waals surface area contributed by atoms with E-state index in [1.54, 1.807) is 11.2 Å². The number of aryl methyl sites for hydroxylation is 1. The molecule has 0 spiro atoms. The number of fused-ring (bicyclic) bond motifs is 1. The Hall–Kier alpha value is -1.82. The number of carbonyl (C=O) groups excluding carboxylic acids is 2. The first kappa shape index (κ1) is 14.1. The minimum Gasteiger partial charge on any atom is -0.469 e. The Morgan fingerprint density at radius 2 is 2.33 bits per heavy atom. The summed E-state index contributed by atoms with van der Waals surface area (Å²) in [5.74, 6) is 0.341. The molecule has 2 saturated heterocycles. The summed E-state index contributed by atoms with van der Waals surface area (Å²) in [7, 11) is 0. The van der Waals surface area contributed by atoms with Crippen molar-refractivity contribution in [2.45, 2.75) is 19.8 Å². The predicted molar refractivity (Wildman–Crippen MR) is 74.3 cm³/mol. The van der Waals surface area contributed by atoms with E-state index in [-0.39, 0.29) is 24.2 Å². The highest BCUT2D eigenvalue weighted by atomic mass is 16.5. The van der Waals surface area contributed by atoms with Crippen molar-refractivity contribution in [3.8, 4) is 0 Å². The fourth-order valence-electron chi connectivity index (χ4n) is 3.38. The van der Waals surface area contributed by atoms with Gasteiger partial charge in [-0.25, -0.2) is 0 Å². The van der Waals surface area contributed by atoms with Crippen molar-refractivity contribution in [2.75, 3.05) is 26.3 Å². The highest BCUT2D eigenvalue weighted by molar-refractivity contribution is 5.85. The molecule has 0 aliphatic carbocycles. The SMILES string of the molecule is Cc1ccoc1CC(=O)N1C[C@@H]2COCC[C@]2(C(N)=O)C1. The first-order valence-corrected chi connectivity index (χ1v) is 7.21. The summed E-state index contributed by atoms with van der Waals surface area (Å²) >= 11 is 0. The molecule has 21 heavy (non-hydrogen) atoms. The molecule has 0 aromatic carbocycles. The number of hydrogen-bond acceptors (Lipinski definition) is 4. The third kappa shape index (κ3) is 2.33. The molecule has 0 saturated carbocycles. The molecule has 1 aromatic heterocycles. The highest BCUT2D eigenvalue weighted by Crippen LogP contribution is 2.42. The molecular weight excluding hydrogens is 272 g/mol. The molecule has 3 heterocycles. The van der Waals surface area contributed by atoms with E-state index in [0.29, 0.717) is 38.5 Å². The average Bonchev–Trinajstić information content (AvgIpc) is 3.03. The standard InChI is InChI=1S/C15H20N2O4/c1-10-2-4-21-12(10)6-13(18)17-7-11-8-20-5-3-15(11,9-17)14(16)19/h2,4,11H,3,5-9H2,1H3,(H2,16,19)/t11-,15+/m1/s1. The van der Waals surface area contributed by atoms with E-state index < -0.39 is 5.41 Å². The summed E-state index contributed by atoms with van der Waals surface area (Å²) in [4.78, 5) is 26.1. The molecule has 0 bridgehead atoms. The number of hydrogen-bond donors (Lipinski definition) is 1. The minimum atomic E-state index is -0.619. The van der Waals surface area contributed by atoms with Crippen molar-refractivity contribution in [3.63, 3.8) is 0 Å². The number of likely N-dealkylation sites (tertiary alicyclic amines) is 1. The van der Waals surface area contributed by atoms with E-state index in [4.69, 9.17) is 14.9 Å². The number of rotatable bonds is 3. The summed E-state index contributed by atoms with van der Waals surface area (Å²) in [5.41, 5.74) is 5.96. The van der Waals surface area contributed by atoms with Crippen LogP contribution in [0.5, 0.6) is 0 Å². The molecule has 2 N–H and O–H groups in total. The second-order valence-corrected chi connectivity index (χ2v) is 6.02. The van der Waals surface area contributed by atoms with Crippen LogP contribution >= 0.6 is 0 Å². The minimum absolute atomic E-state index is 0.00500. The Morgan fingerprint density at radius 3 is 2.95 bits per heavy atom. The largest absolute Gasteiger partial charge is 0.469 e. The van der Waals surface area contributed by atoms with Gasteiger partial charge in [0.2, 0.25) is 11.8 Å². The lowest BCUT2D eigenvalue weighted by atomic mass is 9.74. The number of amides is 2. The lowest BCUT2D eigenvalue weighted by Crippen LogP contribution is -2.48. The second kappa shape index (κ2) is 5.18. The fraction of sp³-hybridized carbons (Fsp3) is 0.600. The van der Waals surface area contributed by atoms with Crippen molar-refractivity contribution in [1.29, 1.82) is 0 Å². The molecule has 0 unspecified atom stereocenters. The molecule has 114 valence electrons. The Balaban J connectivity index is 1.74. The van der Waals surface area contributed by atoms with Crippen LogP contribution in [0.4, 0.5) is 0 Å². The Morgan fingerprint density at radius 1 is 1.52 bits per heavy atom. The van der Waals surface area contributed by atoms with Gasteiger partial charge in [-0.2, -0.15) is 0 Å². The third-order valence-corrected chi connectivity index (χ3v) is 4.83. The predicted octanol–water partition coefficient (Wildman–Crippen LogP) is 0.481. The molecule has 3 rings (SSSR count). The third-order valence-electron chi connectivity index (χ3n) is 4.83. The van der Waals surface area contributed by atoms with Gasteiger partial charge in [-0.15, -0.1) is 0 Å². The van der Waals surface area contributed by atoms with Crippen LogP contribution in [-0.2, 0) is 20.7 Å². The maximum absolute atomic E-state index is 12.4. The van der Waals surface area contributed by atoms with Gasteiger partial charge >= 0.3 is 0 Å². The van der Waals surface area contributed by atoms with E-state index >= 15 is 0 Å². The molecule has 1 aromatic rings. The Labute approximate surface area is 123 Å². The lowest BCUT2D eigenvalue weighted by Gasteiger charge is -2.34. The van der Waals surface area contributed by atoms with Crippen molar-refractivity contribution in [1.82, 2.24) is 4.90 Å². The van der Waals surface area contributed by atoms with Crippen LogP contribution in [0.3, 0.4) is 0 Å². The highest BCUT2D eigenvalue weighted by Gasteiger charge is 2.53.